The second-order valence-electron chi connectivity index (χ2n) is 7.12. The Morgan fingerprint density at radius 1 is 1.27 bits per heavy atom. The van der Waals surface area contributed by atoms with Gasteiger partial charge in [0.15, 0.2) is 0 Å². The Balaban J connectivity index is 1.52. The zero-order chi connectivity index (χ0) is 18.4. The Labute approximate surface area is 150 Å². The van der Waals surface area contributed by atoms with Crippen molar-refractivity contribution in [2.24, 2.45) is 0 Å². The van der Waals surface area contributed by atoms with E-state index in [2.05, 4.69) is 15.5 Å². The molecule has 1 atom stereocenters. The average Bonchev–Trinajstić information content (AvgIpc) is 3.17. The van der Waals surface area contributed by atoms with E-state index in [0.717, 1.165) is 18.5 Å². The minimum atomic E-state index is -0.339. The third-order valence-corrected chi connectivity index (χ3v) is 5.05. The van der Waals surface area contributed by atoms with Gasteiger partial charge >= 0.3 is 0 Å². The van der Waals surface area contributed by atoms with E-state index in [9.17, 15) is 14.4 Å². The molecule has 0 saturated carbocycles. The molecule has 7 heteroatoms. The number of carbonyl (C=O) groups excluding carboxylic acids is 3. The Hall–Kier alpha value is -2.96. The summed E-state index contributed by atoms with van der Waals surface area (Å²) in [5.41, 5.74) is 3.32. The lowest BCUT2D eigenvalue weighted by molar-refractivity contribution is 0.0609. The molecule has 1 aliphatic heterocycles. The topological polar surface area (TPSA) is 95.2 Å². The molecule has 0 saturated heterocycles. The molecule has 1 aliphatic carbocycles. The van der Waals surface area contributed by atoms with Crippen molar-refractivity contribution in [2.45, 2.75) is 45.2 Å². The summed E-state index contributed by atoms with van der Waals surface area (Å²) < 4.78 is 0. The Morgan fingerprint density at radius 2 is 2.04 bits per heavy atom. The van der Waals surface area contributed by atoms with E-state index in [1.165, 1.54) is 16.5 Å². The molecule has 2 aliphatic rings. The van der Waals surface area contributed by atoms with E-state index in [1.807, 2.05) is 6.20 Å². The van der Waals surface area contributed by atoms with Gasteiger partial charge in [0.25, 0.3) is 17.7 Å². The van der Waals surface area contributed by atoms with Crippen LogP contribution in [0.5, 0.6) is 0 Å². The fourth-order valence-electron chi connectivity index (χ4n) is 3.67. The maximum Gasteiger partial charge on any atom is 0.261 e. The third-order valence-electron chi connectivity index (χ3n) is 5.05. The highest BCUT2D eigenvalue weighted by molar-refractivity contribution is 6.22. The van der Waals surface area contributed by atoms with Crippen LogP contribution in [0.3, 0.4) is 0 Å². The van der Waals surface area contributed by atoms with Crippen molar-refractivity contribution in [3.63, 3.8) is 0 Å². The van der Waals surface area contributed by atoms with E-state index >= 15 is 0 Å². The number of rotatable bonds is 3. The van der Waals surface area contributed by atoms with E-state index < -0.39 is 0 Å². The Bertz CT molecular complexity index is 915. The molecule has 4 rings (SSSR count). The molecule has 1 unspecified atom stereocenters. The minimum absolute atomic E-state index is 0.0215. The van der Waals surface area contributed by atoms with Gasteiger partial charge in [-0.25, -0.2) is 0 Å². The number of carbonyl (C=O) groups is 3. The molecule has 0 radical (unpaired) electrons. The molecule has 3 amide bonds. The summed E-state index contributed by atoms with van der Waals surface area (Å²) in [6, 6.07) is 4.50. The molecule has 2 heterocycles. The van der Waals surface area contributed by atoms with Crippen LogP contribution >= 0.6 is 0 Å². The van der Waals surface area contributed by atoms with Gasteiger partial charge in [-0.2, -0.15) is 5.10 Å². The molecule has 0 spiro atoms. The van der Waals surface area contributed by atoms with Crippen LogP contribution in [0.1, 0.15) is 62.6 Å². The summed E-state index contributed by atoms with van der Waals surface area (Å²) in [6.07, 6.45) is 4.26. The summed E-state index contributed by atoms with van der Waals surface area (Å²) >= 11 is 0. The van der Waals surface area contributed by atoms with Crippen molar-refractivity contribution in [1.29, 1.82) is 0 Å². The van der Waals surface area contributed by atoms with Gasteiger partial charge < -0.3 is 5.32 Å². The largest absolute Gasteiger partial charge is 0.349 e. The molecule has 2 N–H and O–H groups in total. The number of amides is 3. The van der Waals surface area contributed by atoms with Crippen molar-refractivity contribution in [2.75, 3.05) is 0 Å². The molecule has 0 bridgehead atoms. The highest BCUT2D eigenvalue weighted by atomic mass is 16.2. The number of hydrogen-bond acceptors (Lipinski definition) is 4. The predicted octanol–water partition coefficient (Wildman–Crippen LogP) is 1.70. The quantitative estimate of drug-likeness (QED) is 0.822. The standard InChI is InChI=1S/C19H20N4O3/c1-10(2)23-18(25)14-6-4-11(7-15(14)19(23)26)17(24)21-13-5-3-12-9-20-22-16(12)8-13/h4,6-7,9-10,13H,3,5,8H2,1-2H3,(H,20,22)(H,21,24). The van der Waals surface area contributed by atoms with Crippen LogP contribution in [0.4, 0.5) is 0 Å². The highest BCUT2D eigenvalue weighted by Crippen LogP contribution is 2.26. The Morgan fingerprint density at radius 3 is 2.81 bits per heavy atom. The third kappa shape index (κ3) is 2.60. The van der Waals surface area contributed by atoms with E-state index in [-0.39, 0.29) is 29.8 Å². The smallest absolute Gasteiger partial charge is 0.261 e. The van der Waals surface area contributed by atoms with Crippen molar-refractivity contribution >= 4 is 17.7 Å². The second-order valence-corrected chi connectivity index (χ2v) is 7.12. The van der Waals surface area contributed by atoms with Crippen LogP contribution in [0, 0.1) is 0 Å². The van der Waals surface area contributed by atoms with Gasteiger partial charge in [-0.3, -0.25) is 24.4 Å². The summed E-state index contributed by atoms with van der Waals surface area (Å²) in [6.45, 7) is 3.59. The summed E-state index contributed by atoms with van der Waals surface area (Å²) in [5, 5.41) is 10.0. The first-order valence-electron chi connectivity index (χ1n) is 8.79. The van der Waals surface area contributed by atoms with Crippen LogP contribution in [0.25, 0.3) is 0 Å². The lowest BCUT2D eigenvalue weighted by Gasteiger charge is -2.22. The minimum Gasteiger partial charge on any atom is -0.349 e. The molecule has 0 fully saturated rings. The molecule has 1 aromatic carbocycles. The first-order chi connectivity index (χ1) is 12.5. The number of fused-ring (bicyclic) bond motifs is 2. The SMILES string of the molecule is CC(C)N1C(=O)c2ccc(C(=O)NC3CCc4cn[nH]c4C3)cc2C1=O. The number of aromatic nitrogens is 2. The van der Waals surface area contributed by atoms with Crippen molar-refractivity contribution in [3.8, 4) is 0 Å². The number of aromatic amines is 1. The van der Waals surface area contributed by atoms with Gasteiger partial charge in [-0.05, 0) is 50.5 Å². The number of aryl methyl sites for hydroxylation is 1. The maximum atomic E-state index is 12.6. The molecule has 7 nitrogen and oxygen atoms in total. The van der Waals surface area contributed by atoms with E-state index in [0.29, 0.717) is 23.1 Å². The van der Waals surface area contributed by atoms with Crippen molar-refractivity contribution < 1.29 is 14.4 Å². The van der Waals surface area contributed by atoms with Gasteiger partial charge in [0.2, 0.25) is 0 Å². The van der Waals surface area contributed by atoms with Crippen LogP contribution < -0.4 is 5.32 Å². The molecular weight excluding hydrogens is 332 g/mol. The number of nitrogens with one attached hydrogen (secondary N) is 2. The van der Waals surface area contributed by atoms with Gasteiger partial charge in [-0.15, -0.1) is 0 Å². The lowest BCUT2D eigenvalue weighted by Crippen LogP contribution is -2.38. The highest BCUT2D eigenvalue weighted by Gasteiger charge is 2.37. The average molecular weight is 352 g/mol. The number of hydrogen-bond donors (Lipinski definition) is 2. The van der Waals surface area contributed by atoms with Crippen molar-refractivity contribution in [1.82, 2.24) is 20.4 Å². The molecular formula is C19H20N4O3. The number of H-pyrrole nitrogens is 1. The van der Waals surface area contributed by atoms with Crippen LogP contribution in [0.15, 0.2) is 24.4 Å². The van der Waals surface area contributed by atoms with Crippen LogP contribution in [-0.4, -0.2) is 44.9 Å². The molecule has 1 aromatic heterocycles. The first-order valence-corrected chi connectivity index (χ1v) is 8.79. The van der Waals surface area contributed by atoms with Crippen LogP contribution in [0.2, 0.25) is 0 Å². The van der Waals surface area contributed by atoms with Gasteiger partial charge in [-0.1, -0.05) is 0 Å². The monoisotopic (exact) mass is 352 g/mol. The fraction of sp³-hybridized carbons (Fsp3) is 0.368. The van der Waals surface area contributed by atoms with Gasteiger partial charge in [0, 0.05) is 29.8 Å². The number of benzene rings is 1. The van der Waals surface area contributed by atoms with E-state index in [4.69, 9.17) is 0 Å². The summed E-state index contributed by atoms with van der Waals surface area (Å²) in [7, 11) is 0. The second kappa shape index (κ2) is 6.09. The molecule has 26 heavy (non-hydrogen) atoms. The summed E-state index contributed by atoms with van der Waals surface area (Å²) in [5.74, 6) is -0.871. The summed E-state index contributed by atoms with van der Waals surface area (Å²) in [4.78, 5) is 38.7. The first kappa shape index (κ1) is 16.5. The lowest BCUT2D eigenvalue weighted by atomic mass is 9.93. The van der Waals surface area contributed by atoms with Gasteiger partial charge in [0.1, 0.15) is 0 Å². The predicted molar refractivity (Wildman–Crippen MR) is 93.9 cm³/mol. The molecule has 2 aromatic rings. The van der Waals surface area contributed by atoms with Crippen LogP contribution in [-0.2, 0) is 12.8 Å². The maximum absolute atomic E-state index is 12.6. The zero-order valence-electron chi connectivity index (χ0n) is 14.7. The Kier molecular flexibility index (Phi) is 3.86. The fourth-order valence-corrected chi connectivity index (χ4v) is 3.67. The van der Waals surface area contributed by atoms with Gasteiger partial charge in [0.05, 0.1) is 17.3 Å². The van der Waals surface area contributed by atoms with Crippen molar-refractivity contribution in [3.05, 3.63) is 52.3 Å². The number of imide groups is 1. The number of nitrogens with zero attached hydrogens (tertiary/aromatic N) is 2. The zero-order valence-corrected chi connectivity index (χ0v) is 14.7. The normalized spacial score (nSPS) is 18.9. The van der Waals surface area contributed by atoms with E-state index in [1.54, 1.807) is 26.0 Å². The molecule has 134 valence electrons.